The number of hydrogen-bond donors (Lipinski definition) is 0. The second-order valence-electron chi connectivity index (χ2n) is 5.95. The summed E-state index contributed by atoms with van der Waals surface area (Å²) in [5, 5.41) is 1.52. The summed E-state index contributed by atoms with van der Waals surface area (Å²) in [5.41, 5.74) is -0.340. The van der Waals surface area contributed by atoms with E-state index in [-0.39, 0.29) is 27.4 Å². The van der Waals surface area contributed by atoms with Crippen LogP contribution in [0.5, 0.6) is 0 Å². The Bertz CT molecular complexity index is 1120. The molecule has 0 bridgehead atoms. The maximum Gasteiger partial charge on any atom is 0.416 e. The number of halogens is 3. The Morgan fingerprint density at radius 1 is 1.00 bits per heavy atom. The number of carbonyl (C=O) groups is 3. The summed E-state index contributed by atoms with van der Waals surface area (Å²) in [5.74, 6) is -2.63. The molecule has 6 nitrogen and oxygen atoms in total. The van der Waals surface area contributed by atoms with Gasteiger partial charge in [-0.3, -0.25) is 9.59 Å². The quantitative estimate of drug-likeness (QED) is 0.596. The Hall–Kier alpha value is -3.53. The number of fused-ring (bicyclic) bond motifs is 1. The number of rotatable bonds is 3. The molecule has 0 N–H and O–H groups in total. The zero-order valence-corrected chi connectivity index (χ0v) is 15.1. The van der Waals surface area contributed by atoms with Crippen molar-refractivity contribution < 1.29 is 32.4 Å². The molecule has 0 fully saturated rings. The third-order valence-electron chi connectivity index (χ3n) is 4.10. The molecule has 0 aliphatic carbocycles. The van der Waals surface area contributed by atoms with Crippen LogP contribution in [0.25, 0.3) is 11.3 Å². The van der Waals surface area contributed by atoms with E-state index in [0.29, 0.717) is 5.06 Å². The van der Waals surface area contributed by atoms with Crippen LogP contribution in [0.4, 0.5) is 13.2 Å². The third kappa shape index (κ3) is 3.38. The molecule has 2 aromatic carbocycles. The highest BCUT2D eigenvalue weighted by Crippen LogP contribution is 2.32. The molecule has 0 spiro atoms. The summed E-state index contributed by atoms with van der Waals surface area (Å²) in [6.45, 7) is 0. The zero-order chi connectivity index (χ0) is 20.8. The number of benzene rings is 2. The number of nitrogens with zero attached hydrogens (tertiary/aromatic N) is 2. The van der Waals surface area contributed by atoms with E-state index < -0.39 is 29.5 Å². The van der Waals surface area contributed by atoms with Gasteiger partial charge in [0.2, 0.25) is 5.01 Å². The van der Waals surface area contributed by atoms with Gasteiger partial charge in [-0.1, -0.05) is 29.3 Å². The van der Waals surface area contributed by atoms with E-state index in [1.165, 1.54) is 29.6 Å². The van der Waals surface area contributed by atoms with Crippen LogP contribution in [-0.4, -0.2) is 27.8 Å². The minimum Gasteiger partial charge on any atom is -0.322 e. The summed E-state index contributed by atoms with van der Waals surface area (Å²) >= 11 is 0.819. The van der Waals surface area contributed by atoms with Gasteiger partial charge in [0, 0.05) is 10.9 Å². The summed E-state index contributed by atoms with van der Waals surface area (Å²) in [6.07, 6.45) is -4.51. The van der Waals surface area contributed by atoms with Gasteiger partial charge in [-0.2, -0.15) is 13.2 Å². The smallest absolute Gasteiger partial charge is 0.322 e. The fourth-order valence-electron chi connectivity index (χ4n) is 2.73. The molecule has 2 amide bonds. The monoisotopic (exact) mass is 418 g/mol. The van der Waals surface area contributed by atoms with Crippen LogP contribution >= 0.6 is 11.3 Å². The van der Waals surface area contributed by atoms with Crippen LogP contribution in [-0.2, 0) is 11.0 Å². The molecular weight excluding hydrogens is 409 g/mol. The van der Waals surface area contributed by atoms with Gasteiger partial charge in [0.05, 0.1) is 22.4 Å². The Morgan fingerprint density at radius 2 is 1.66 bits per heavy atom. The van der Waals surface area contributed by atoms with Crippen molar-refractivity contribution in [1.29, 1.82) is 0 Å². The molecular formula is C19H9F3N2O4S. The standard InChI is InChI=1S/C19H9F3N2O4S/c20-19(21,22)11-5-3-4-10(8-11)14-9-29-15(23-14)18(27)28-24-16(25)12-6-1-2-7-13(12)17(24)26/h1-9H. The van der Waals surface area contributed by atoms with Crippen LogP contribution < -0.4 is 0 Å². The molecule has 0 atom stereocenters. The molecule has 1 aliphatic rings. The fraction of sp³-hybridized carbons (Fsp3) is 0.0526. The van der Waals surface area contributed by atoms with Crippen molar-refractivity contribution in [2.75, 3.05) is 0 Å². The predicted molar refractivity (Wildman–Crippen MR) is 94.9 cm³/mol. The lowest BCUT2D eigenvalue weighted by atomic mass is 10.1. The summed E-state index contributed by atoms with van der Waals surface area (Å²) in [7, 11) is 0. The minimum absolute atomic E-state index is 0.106. The number of carbonyl (C=O) groups excluding carboxylic acids is 3. The molecule has 0 saturated heterocycles. The second-order valence-corrected chi connectivity index (χ2v) is 6.80. The van der Waals surface area contributed by atoms with Gasteiger partial charge in [-0.05, 0) is 24.3 Å². The van der Waals surface area contributed by atoms with Crippen molar-refractivity contribution in [3.63, 3.8) is 0 Å². The third-order valence-corrected chi connectivity index (χ3v) is 4.92. The Labute approximate surface area is 165 Å². The Balaban J connectivity index is 1.55. The van der Waals surface area contributed by atoms with Crippen molar-refractivity contribution >= 4 is 29.1 Å². The van der Waals surface area contributed by atoms with Gasteiger partial charge in [0.1, 0.15) is 0 Å². The maximum atomic E-state index is 12.9. The second kappa shape index (κ2) is 6.82. The summed E-state index contributed by atoms with van der Waals surface area (Å²) < 4.78 is 38.6. The topological polar surface area (TPSA) is 76.6 Å². The van der Waals surface area contributed by atoms with E-state index in [9.17, 15) is 27.6 Å². The first-order chi connectivity index (χ1) is 13.8. The van der Waals surface area contributed by atoms with E-state index in [0.717, 1.165) is 23.5 Å². The SMILES string of the molecule is O=C(ON1C(=O)c2ccccc2C1=O)c1nc(-c2cccc(C(F)(F)F)c2)cs1. The number of amides is 2. The zero-order valence-electron chi connectivity index (χ0n) is 14.3. The van der Waals surface area contributed by atoms with E-state index in [1.807, 2.05) is 0 Å². The normalized spacial score (nSPS) is 13.6. The Kier molecular flexibility index (Phi) is 4.42. The highest BCUT2D eigenvalue weighted by Gasteiger charge is 2.39. The lowest BCUT2D eigenvalue weighted by molar-refractivity contribution is -0.137. The summed E-state index contributed by atoms with van der Waals surface area (Å²) in [4.78, 5) is 45.7. The van der Waals surface area contributed by atoms with Crippen LogP contribution in [0.3, 0.4) is 0 Å². The Morgan fingerprint density at radius 3 is 2.28 bits per heavy atom. The van der Waals surface area contributed by atoms with E-state index in [4.69, 9.17) is 4.84 Å². The molecule has 1 aromatic heterocycles. The molecule has 29 heavy (non-hydrogen) atoms. The van der Waals surface area contributed by atoms with Crippen LogP contribution in [0.15, 0.2) is 53.9 Å². The molecule has 4 rings (SSSR count). The first-order valence-electron chi connectivity index (χ1n) is 8.09. The van der Waals surface area contributed by atoms with Crippen LogP contribution in [0, 0.1) is 0 Å². The average Bonchev–Trinajstić information content (AvgIpc) is 3.28. The van der Waals surface area contributed by atoms with Crippen molar-refractivity contribution in [3.8, 4) is 11.3 Å². The number of alkyl halides is 3. The molecule has 0 unspecified atom stereocenters. The van der Waals surface area contributed by atoms with Gasteiger partial charge < -0.3 is 4.84 Å². The number of hydrogen-bond acceptors (Lipinski definition) is 6. The van der Waals surface area contributed by atoms with Crippen molar-refractivity contribution in [2.24, 2.45) is 0 Å². The number of imide groups is 1. The highest BCUT2D eigenvalue weighted by molar-refractivity contribution is 7.11. The lowest BCUT2D eigenvalue weighted by Gasteiger charge is -2.11. The van der Waals surface area contributed by atoms with Crippen LogP contribution in [0.1, 0.15) is 36.1 Å². The number of aromatic nitrogens is 1. The first-order valence-corrected chi connectivity index (χ1v) is 8.97. The molecule has 0 saturated carbocycles. The van der Waals surface area contributed by atoms with E-state index in [2.05, 4.69) is 4.98 Å². The van der Waals surface area contributed by atoms with Crippen molar-refractivity contribution in [2.45, 2.75) is 6.18 Å². The summed E-state index contributed by atoms with van der Waals surface area (Å²) in [6, 6.07) is 10.5. The van der Waals surface area contributed by atoms with E-state index >= 15 is 0 Å². The van der Waals surface area contributed by atoms with Crippen molar-refractivity contribution in [1.82, 2.24) is 10.0 Å². The van der Waals surface area contributed by atoms with Gasteiger partial charge >= 0.3 is 12.1 Å². The molecule has 0 radical (unpaired) electrons. The maximum absolute atomic E-state index is 12.9. The van der Waals surface area contributed by atoms with E-state index in [1.54, 1.807) is 12.1 Å². The van der Waals surface area contributed by atoms with Gasteiger partial charge in [-0.25, -0.2) is 9.78 Å². The van der Waals surface area contributed by atoms with Crippen LogP contribution in [0.2, 0.25) is 0 Å². The number of thiazole rings is 1. The molecule has 3 aromatic rings. The minimum atomic E-state index is -4.51. The van der Waals surface area contributed by atoms with Gasteiger partial charge in [0.15, 0.2) is 0 Å². The average molecular weight is 418 g/mol. The van der Waals surface area contributed by atoms with Gasteiger partial charge in [0.25, 0.3) is 11.8 Å². The fourth-order valence-corrected chi connectivity index (χ4v) is 3.42. The molecule has 10 heteroatoms. The first kappa shape index (κ1) is 18.8. The molecule has 2 heterocycles. The highest BCUT2D eigenvalue weighted by atomic mass is 32.1. The molecule has 146 valence electrons. The van der Waals surface area contributed by atoms with Gasteiger partial charge in [-0.15, -0.1) is 11.3 Å². The molecule has 1 aliphatic heterocycles. The van der Waals surface area contributed by atoms with Crippen molar-refractivity contribution in [3.05, 3.63) is 75.6 Å². The number of hydroxylamine groups is 2. The lowest BCUT2D eigenvalue weighted by Crippen LogP contribution is -2.32. The largest absolute Gasteiger partial charge is 0.416 e. The predicted octanol–water partition coefficient (Wildman–Crippen LogP) is 4.20.